The predicted molar refractivity (Wildman–Crippen MR) is 573 cm³/mol. The van der Waals surface area contributed by atoms with Crippen LogP contribution >= 0.6 is 0 Å². The number of fused-ring (bicyclic) bond motifs is 8. The van der Waals surface area contributed by atoms with Gasteiger partial charge in [0, 0.05) is 90.5 Å². The SMILES string of the molecule is c1ccc(-c2ccc(N3c4cc(-c5ccccc5)ccc4B4c5ccc(-c6ccccc6)cc5N(c5ccc(-c6ccccc6)cc5)c5cc(-c6nc(-c7ccccc7)nc(-c7ccccc7)n6)cc3c54)cc2)cc1.c1ccc(-c2ccc(N3c4cc(-c5ccccc5)ccc4B4c5ccc(-c6ccccc6)cc5N(c5ccc(-c6ccccc6)cc5)c5cc(-c6ncncn6)cc3c54)cc2)cc1. The average Bonchev–Trinajstić information content (AvgIpc) is 0.694. The van der Waals surface area contributed by atoms with Gasteiger partial charge in [0.2, 0.25) is 0 Å². The Bertz CT molecular complexity index is 7800. The van der Waals surface area contributed by atoms with E-state index >= 15 is 0 Å². The van der Waals surface area contributed by atoms with Gasteiger partial charge in [-0.05, 0) is 219 Å². The molecule has 0 unspecified atom stereocenters. The van der Waals surface area contributed by atoms with E-state index in [0.717, 1.165) is 135 Å². The number of benzene rings is 20. The highest BCUT2D eigenvalue weighted by molar-refractivity contribution is 7.01. The fourth-order valence-corrected chi connectivity index (χ4v) is 20.7. The van der Waals surface area contributed by atoms with Crippen molar-refractivity contribution in [2.24, 2.45) is 0 Å². The lowest BCUT2D eigenvalue weighted by Gasteiger charge is -2.44. The molecule has 0 spiro atoms. The van der Waals surface area contributed by atoms with Crippen LogP contribution in [0.1, 0.15) is 0 Å². The van der Waals surface area contributed by atoms with Gasteiger partial charge in [-0.25, -0.2) is 29.9 Å². The number of aromatic nitrogens is 6. The first-order valence-corrected chi connectivity index (χ1v) is 46.9. The van der Waals surface area contributed by atoms with Crippen LogP contribution < -0.4 is 52.4 Å². The van der Waals surface area contributed by atoms with E-state index in [9.17, 15) is 0 Å². The number of hydrogen-bond donors (Lipinski definition) is 0. The molecule has 0 atom stereocenters. The summed E-state index contributed by atoms with van der Waals surface area (Å²) in [7, 11) is 0. The Hall–Kier alpha value is -18.3. The van der Waals surface area contributed by atoms with Crippen LogP contribution in [0, 0.1) is 0 Å². The Morgan fingerprint density at radius 2 is 0.319 bits per heavy atom. The van der Waals surface area contributed by atoms with Crippen LogP contribution in [0.4, 0.5) is 68.2 Å². The minimum Gasteiger partial charge on any atom is -0.311 e. The summed E-state index contributed by atoms with van der Waals surface area (Å²) in [6, 6.07) is 179. The van der Waals surface area contributed by atoms with E-state index in [4.69, 9.17) is 24.9 Å². The summed E-state index contributed by atoms with van der Waals surface area (Å²) < 4.78 is 0. The molecule has 12 heteroatoms. The van der Waals surface area contributed by atoms with E-state index in [-0.39, 0.29) is 13.4 Å². The number of anilines is 12. The smallest absolute Gasteiger partial charge is 0.252 e. The van der Waals surface area contributed by atoms with Crippen molar-refractivity contribution in [1.82, 2.24) is 29.9 Å². The van der Waals surface area contributed by atoms with Crippen molar-refractivity contribution < 1.29 is 0 Å². The third-order valence-electron chi connectivity index (χ3n) is 27.2. The minimum absolute atomic E-state index is 0.0678. The van der Waals surface area contributed by atoms with Gasteiger partial charge in [0.15, 0.2) is 23.3 Å². The molecule has 138 heavy (non-hydrogen) atoms. The van der Waals surface area contributed by atoms with Crippen LogP contribution in [0.2, 0.25) is 0 Å². The molecule has 0 saturated heterocycles. The minimum atomic E-state index is -0.124. The second kappa shape index (κ2) is 35.4. The van der Waals surface area contributed by atoms with Crippen molar-refractivity contribution in [3.8, 4) is 135 Å². The Labute approximate surface area is 803 Å². The number of hydrogen-bond acceptors (Lipinski definition) is 10. The highest BCUT2D eigenvalue weighted by Crippen LogP contribution is 2.52. The van der Waals surface area contributed by atoms with Gasteiger partial charge in [0.1, 0.15) is 12.7 Å². The summed E-state index contributed by atoms with van der Waals surface area (Å²) >= 11 is 0. The van der Waals surface area contributed by atoms with Crippen molar-refractivity contribution >= 4 is 114 Å². The molecular weight excluding hydrogens is 1680 g/mol. The second-order valence-electron chi connectivity index (χ2n) is 35.3. The first-order valence-electron chi connectivity index (χ1n) is 46.9. The van der Waals surface area contributed by atoms with E-state index in [2.05, 4.69) is 486 Å². The quantitative estimate of drug-likeness (QED) is 0.0871. The number of nitrogens with zero attached hydrogens (tertiary/aromatic N) is 10. The Balaban J connectivity index is 0.000000149. The van der Waals surface area contributed by atoms with Gasteiger partial charge in [-0.1, -0.05) is 400 Å². The predicted octanol–water partition coefficient (Wildman–Crippen LogP) is 27.9. The molecule has 0 amide bonds. The van der Waals surface area contributed by atoms with Crippen LogP contribution in [-0.2, 0) is 0 Å². The van der Waals surface area contributed by atoms with Crippen LogP contribution in [0.5, 0.6) is 0 Å². The summed E-state index contributed by atoms with van der Waals surface area (Å²) in [5.74, 6) is 2.43. The van der Waals surface area contributed by atoms with Crippen LogP contribution in [-0.4, -0.2) is 43.3 Å². The lowest BCUT2D eigenvalue weighted by molar-refractivity contribution is 1.05. The van der Waals surface area contributed by atoms with Gasteiger partial charge in [0.25, 0.3) is 13.4 Å². The molecular formula is C126H84B2N10. The van der Waals surface area contributed by atoms with Gasteiger partial charge in [0.05, 0.1) is 0 Å². The molecule has 644 valence electrons. The zero-order valence-electron chi connectivity index (χ0n) is 75.1. The Kier molecular flexibility index (Phi) is 20.9. The molecule has 0 saturated carbocycles. The van der Waals surface area contributed by atoms with E-state index in [1.807, 2.05) is 36.4 Å². The third kappa shape index (κ3) is 15.1. The van der Waals surface area contributed by atoms with Gasteiger partial charge in [-0.15, -0.1) is 0 Å². The maximum atomic E-state index is 5.38. The molecule has 0 fully saturated rings. The Morgan fingerprint density at radius 1 is 0.145 bits per heavy atom. The zero-order valence-corrected chi connectivity index (χ0v) is 75.1. The first kappa shape index (κ1) is 81.7. The topological polar surface area (TPSA) is 90.3 Å². The van der Waals surface area contributed by atoms with E-state index < -0.39 is 0 Å². The van der Waals surface area contributed by atoms with Crippen molar-refractivity contribution in [1.29, 1.82) is 0 Å². The summed E-state index contributed by atoms with van der Waals surface area (Å²) in [5, 5.41) is 0. The summed E-state index contributed by atoms with van der Waals surface area (Å²) in [5.41, 5.74) is 42.7. The van der Waals surface area contributed by atoms with Crippen molar-refractivity contribution in [3.05, 3.63) is 510 Å². The molecule has 0 N–H and O–H groups in total. The lowest BCUT2D eigenvalue weighted by Crippen LogP contribution is -2.61. The van der Waals surface area contributed by atoms with Gasteiger partial charge in [-0.2, -0.15) is 0 Å². The molecule has 6 heterocycles. The molecule has 10 nitrogen and oxygen atoms in total. The molecule has 2 aromatic heterocycles. The third-order valence-corrected chi connectivity index (χ3v) is 27.2. The molecule has 4 aliphatic rings. The van der Waals surface area contributed by atoms with Crippen molar-refractivity contribution in [2.45, 2.75) is 0 Å². The highest BCUT2D eigenvalue weighted by Gasteiger charge is 2.47. The molecule has 0 bridgehead atoms. The molecule has 26 rings (SSSR count). The maximum Gasteiger partial charge on any atom is 0.252 e. The van der Waals surface area contributed by atoms with Gasteiger partial charge in [-0.3, -0.25) is 0 Å². The average molecular weight is 1760 g/mol. The summed E-state index contributed by atoms with van der Waals surface area (Å²) in [6.07, 6.45) is 3.16. The van der Waals surface area contributed by atoms with Crippen molar-refractivity contribution in [3.63, 3.8) is 0 Å². The second-order valence-corrected chi connectivity index (χ2v) is 35.3. The largest absolute Gasteiger partial charge is 0.311 e. The summed E-state index contributed by atoms with van der Waals surface area (Å²) in [4.78, 5) is 39.4. The normalized spacial score (nSPS) is 12.3. The standard InChI is InChI=1S/C69H46BN5.C57H38BN5/c1-7-19-47(20-8-1)51-31-37-58(38-32-51)74-62-43-55(49-23-11-3-12-24-49)35-41-60(62)70-61-42-36-56(50-25-13-4-14-26-50)44-63(61)75(59-39-33-52(34-40-59)48-21-9-2-10-22-48)65-46-57(45-64(74)66(65)70)69-72-67(53-27-15-5-16-28-53)71-68(73-69)54-29-17-6-18-30-54;1-5-13-39(14-6-1)43-21-27-48(28-22-43)62-52-33-45(41-17-9-3-10-18-41)25-31-50(52)58-51-32-26-46(42-19-11-4-12-20-42)34-53(51)63(49-29-23-44(24-30-49)40-15-7-2-8-16-40)55-36-47(35-54(62)56(55)58)57-60-37-59-38-61-57/h1-46H;1-38H. The fraction of sp³-hybridized carbons (Fsp3) is 0. The maximum absolute atomic E-state index is 5.38. The van der Waals surface area contributed by atoms with E-state index in [1.165, 1.54) is 77.3 Å². The fourth-order valence-electron chi connectivity index (χ4n) is 20.7. The molecule has 0 aliphatic carbocycles. The molecule has 4 aliphatic heterocycles. The van der Waals surface area contributed by atoms with E-state index in [0.29, 0.717) is 23.3 Å². The van der Waals surface area contributed by atoms with E-state index in [1.54, 1.807) is 12.7 Å². The van der Waals surface area contributed by atoms with Crippen molar-refractivity contribution in [2.75, 3.05) is 19.6 Å². The summed E-state index contributed by atoms with van der Waals surface area (Å²) in [6.45, 7) is -0.191. The van der Waals surface area contributed by atoms with Crippen LogP contribution in [0.25, 0.3) is 135 Å². The van der Waals surface area contributed by atoms with Gasteiger partial charge >= 0.3 is 0 Å². The monoisotopic (exact) mass is 1760 g/mol. The number of rotatable bonds is 16. The molecule has 20 aromatic carbocycles. The van der Waals surface area contributed by atoms with Gasteiger partial charge < -0.3 is 19.6 Å². The Morgan fingerprint density at radius 3 is 0.543 bits per heavy atom. The highest BCUT2D eigenvalue weighted by atomic mass is 15.2. The van der Waals surface area contributed by atoms with Crippen LogP contribution in [0.3, 0.4) is 0 Å². The zero-order chi connectivity index (χ0) is 91.4. The lowest BCUT2D eigenvalue weighted by atomic mass is 9.33. The molecule has 22 aromatic rings. The molecule has 0 radical (unpaired) electrons. The first-order chi connectivity index (χ1) is 68.4. The van der Waals surface area contributed by atoms with Crippen LogP contribution in [0.15, 0.2) is 510 Å².